The molecule has 1 aromatic rings. The minimum Gasteiger partial charge on any atom is -0.366 e. The number of allylic oxidation sites excluding steroid dienone is 1. The van der Waals surface area contributed by atoms with Crippen molar-refractivity contribution in [1.29, 1.82) is 0 Å². The van der Waals surface area contributed by atoms with Crippen molar-refractivity contribution in [2.75, 3.05) is 19.6 Å². The second kappa shape index (κ2) is 11.5. The maximum atomic E-state index is 11.1. The first-order valence-electron chi connectivity index (χ1n) is 13.1. The summed E-state index contributed by atoms with van der Waals surface area (Å²) in [6, 6.07) is 7.72. The molecule has 2 aliphatic rings. The van der Waals surface area contributed by atoms with Gasteiger partial charge in [0.2, 0.25) is 0 Å². The first-order valence-corrected chi connectivity index (χ1v) is 14.0. The lowest BCUT2D eigenvalue weighted by Crippen LogP contribution is -2.41. The van der Waals surface area contributed by atoms with Crippen molar-refractivity contribution in [2.24, 2.45) is 0 Å². The molecule has 0 spiro atoms. The summed E-state index contributed by atoms with van der Waals surface area (Å²) < 4.78 is 0. The fourth-order valence-corrected chi connectivity index (χ4v) is 6.05. The molecule has 1 saturated heterocycles. The highest BCUT2D eigenvalue weighted by molar-refractivity contribution is 8.05. The summed E-state index contributed by atoms with van der Waals surface area (Å²) in [5.41, 5.74) is 6.19. The van der Waals surface area contributed by atoms with Gasteiger partial charge in [0.05, 0.1) is 5.03 Å². The van der Waals surface area contributed by atoms with E-state index in [9.17, 15) is 4.79 Å². The van der Waals surface area contributed by atoms with E-state index >= 15 is 0 Å². The van der Waals surface area contributed by atoms with E-state index < -0.39 is 0 Å². The van der Waals surface area contributed by atoms with Crippen molar-refractivity contribution in [3.63, 3.8) is 0 Å². The van der Waals surface area contributed by atoms with E-state index in [1.807, 2.05) is 0 Å². The molecule has 1 aromatic carbocycles. The molecule has 3 nitrogen and oxygen atoms in total. The highest BCUT2D eigenvalue weighted by Gasteiger charge is 2.36. The number of ketones is 1. The SMILES string of the molecule is C=C(S/C=C(\C)c1ccc2c(c1)C(C)(C)CCC2(C)C)N1CCC(NCCCCC(C)=O)CC1. The molecule has 0 radical (unpaired) electrons. The van der Waals surface area contributed by atoms with E-state index in [1.165, 1.54) is 35.1 Å². The first kappa shape index (κ1) is 27.1. The van der Waals surface area contributed by atoms with Gasteiger partial charge in [-0.1, -0.05) is 64.2 Å². The minimum absolute atomic E-state index is 0.240. The number of likely N-dealkylation sites (tertiary alicyclic amines) is 1. The van der Waals surface area contributed by atoms with Gasteiger partial charge in [-0.2, -0.15) is 0 Å². The van der Waals surface area contributed by atoms with Crippen molar-refractivity contribution in [3.05, 3.63) is 51.9 Å². The van der Waals surface area contributed by atoms with Gasteiger partial charge in [-0.25, -0.2) is 0 Å². The number of rotatable bonds is 10. The van der Waals surface area contributed by atoms with Crippen molar-refractivity contribution < 1.29 is 4.79 Å². The van der Waals surface area contributed by atoms with Crippen LogP contribution in [0.5, 0.6) is 0 Å². The molecule has 0 aromatic heterocycles. The predicted molar refractivity (Wildman–Crippen MR) is 149 cm³/mol. The summed E-state index contributed by atoms with van der Waals surface area (Å²) in [5, 5.41) is 7.11. The monoisotopic (exact) mass is 482 g/mol. The third kappa shape index (κ3) is 7.01. The molecular weight excluding hydrogens is 436 g/mol. The maximum absolute atomic E-state index is 11.1. The maximum Gasteiger partial charge on any atom is 0.129 e. The summed E-state index contributed by atoms with van der Waals surface area (Å²) in [4.78, 5) is 13.5. The molecule has 0 bridgehead atoms. The second-order valence-corrected chi connectivity index (χ2v) is 12.7. The lowest BCUT2D eigenvalue weighted by molar-refractivity contribution is -0.117. The molecule has 0 amide bonds. The first-order chi connectivity index (χ1) is 16.0. The van der Waals surface area contributed by atoms with E-state index in [4.69, 9.17) is 0 Å². The summed E-state index contributed by atoms with van der Waals surface area (Å²) in [6.45, 7) is 21.0. The van der Waals surface area contributed by atoms with Crippen LogP contribution in [-0.4, -0.2) is 36.4 Å². The number of carbonyl (C=O) groups excluding carboxylic acids is 1. The largest absolute Gasteiger partial charge is 0.366 e. The van der Waals surface area contributed by atoms with Crippen LogP contribution in [0.3, 0.4) is 0 Å². The van der Waals surface area contributed by atoms with E-state index in [0.717, 1.165) is 50.3 Å². The number of nitrogens with one attached hydrogen (secondary N) is 1. The van der Waals surface area contributed by atoms with Gasteiger partial charge in [-0.05, 0) is 97.4 Å². The summed E-state index contributed by atoms with van der Waals surface area (Å²) in [5.74, 6) is 0.299. The Kier molecular flexibility index (Phi) is 9.14. The van der Waals surface area contributed by atoms with Crippen LogP contribution in [0.1, 0.15) is 103 Å². The molecule has 0 unspecified atom stereocenters. The normalized spacial score (nSPS) is 20.2. The number of carbonyl (C=O) groups is 1. The number of unbranched alkanes of at least 4 members (excludes halogenated alkanes) is 1. The zero-order valence-corrected chi connectivity index (χ0v) is 23.2. The van der Waals surface area contributed by atoms with E-state index in [2.05, 4.69) is 75.0 Å². The van der Waals surface area contributed by atoms with Crippen LogP contribution in [0.4, 0.5) is 0 Å². The Bertz CT molecular complexity index is 906. The van der Waals surface area contributed by atoms with Gasteiger partial charge in [0.1, 0.15) is 5.78 Å². The Labute approximate surface area is 212 Å². The molecule has 1 aliphatic carbocycles. The number of hydrogen-bond donors (Lipinski definition) is 1. The van der Waals surface area contributed by atoms with Gasteiger partial charge in [0.25, 0.3) is 0 Å². The molecule has 0 saturated carbocycles. The van der Waals surface area contributed by atoms with Crippen LogP contribution in [0.25, 0.3) is 5.57 Å². The smallest absolute Gasteiger partial charge is 0.129 e. The fourth-order valence-electron chi connectivity index (χ4n) is 5.27. The lowest BCUT2D eigenvalue weighted by Gasteiger charge is -2.42. The van der Waals surface area contributed by atoms with Gasteiger partial charge in [0, 0.05) is 25.6 Å². The molecule has 1 N–H and O–H groups in total. The minimum atomic E-state index is 0.240. The Hall–Kier alpha value is -1.52. The van der Waals surface area contributed by atoms with E-state index in [0.29, 0.717) is 18.2 Å². The molecule has 1 aliphatic heterocycles. The Morgan fingerprint density at radius 1 is 1.09 bits per heavy atom. The zero-order chi connectivity index (χ0) is 24.9. The number of Topliss-reactive ketones (excluding diaryl/α,β-unsaturated/α-hetero) is 1. The zero-order valence-electron chi connectivity index (χ0n) is 22.4. The van der Waals surface area contributed by atoms with Crippen molar-refractivity contribution >= 4 is 23.1 Å². The number of thioether (sulfide) groups is 1. The van der Waals surface area contributed by atoms with Crippen LogP contribution in [0, 0.1) is 0 Å². The van der Waals surface area contributed by atoms with Crippen molar-refractivity contribution in [1.82, 2.24) is 10.2 Å². The van der Waals surface area contributed by atoms with Crippen LogP contribution in [-0.2, 0) is 15.6 Å². The molecule has 1 fully saturated rings. The quantitative estimate of drug-likeness (QED) is 0.352. The van der Waals surface area contributed by atoms with E-state index in [-0.39, 0.29) is 10.8 Å². The molecule has 1 heterocycles. The average molecular weight is 483 g/mol. The molecule has 3 rings (SSSR count). The van der Waals surface area contributed by atoms with Crippen molar-refractivity contribution in [2.45, 2.75) is 103 Å². The van der Waals surface area contributed by atoms with Gasteiger partial charge in [-0.15, -0.1) is 0 Å². The van der Waals surface area contributed by atoms with Gasteiger partial charge < -0.3 is 15.0 Å². The van der Waals surface area contributed by atoms with Gasteiger partial charge >= 0.3 is 0 Å². The number of piperidine rings is 1. The molecule has 34 heavy (non-hydrogen) atoms. The predicted octanol–water partition coefficient (Wildman–Crippen LogP) is 7.41. The Balaban J connectivity index is 1.51. The molecule has 4 heteroatoms. The highest BCUT2D eigenvalue weighted by atomic mass is 32.2. The topological polar surface area (TPSA) is 32.3 Å². The summed E-state index contributed by atoms with van der Waals surface area (Å²) >= 11 is 1.77. The third-order valence-electron chi connectivity index (χ3n) is 7.92. The molecule has 188 valence electrons. The third-order valence-corrected chi connectivity index (χ3v) is 8.92. The number of hydrogen-bond acceptors (Lipinski definition) is 4. The number of benzene rings is 1. The van der Waals surface area contributed by atoms with Crippen LogP contribution < -0.4 is 5.32 Å². The van der Waals surface area contributed by atoms with Gasteiger partial charge in [-0.3, -0.25) is 0 Å². The van der Waals surface area contributed by atoms with Crippen LogP contribution >= 0.6 is 11.8 Å². The van der Waals surface area contributed by atoms with E-state index in [1.54, 1.807) is 18.7 Å². The lowest BCUT2D eigenvalue weighted by atomic mass is 9.63. The Morgan fingerprint density at radius 3 is 2.38 bits per heavy atom. The Morgan fingerprint density at radius 2 is 1.74 bits per heavy atom. The number of fused-ring (bicyclic) bond motifs is 1. The molecular formula is C30H46N2OS. The standard InChI is InChI=1S/C30H46N2OS/c1-22(25-11-12-27-28(20-25)30(6,7)16-15-29(27,4)5)21-34-24(3)32-18-13-26(14-19-32)31-17-9-8-10-23(2)33/h11-12,20-21,26,31H,3,8-10,13-19H2,1-2,4-7H3/b22-21+. The average Bonchev–Trinajstić information content (AvgIpc) is 2.80. The van der Waals surface area contributed by atoms with Crippen molar-refractivity contribution in [3.8, 4) is 0 Å². The summed E-state index contributed by atoms with van der Waals surface area (Å²) in [6.07, 6.45) is 7.61. The molecule has 0 atom stereocenters. The number of nitrogens with zero attached hydrogens (tertiary/aromatic N) is 1. The van der Waals surface area contributed by atoms with Gasteiger partial charge in [0.15, 0.2) is 0 Å². The van der Waals surface area contributed by atoms with Crippen LogP contribution in [0.2, 0.25) is 0 Å². The second-order valence-electron chi connectivity index (χ2n) is 11.7. The fraction of sp³-hybridized carbons (Fsp3) is 0.633. The highest BCUT2D eigenvalue weighted by Crippen LogP contribution is 2.46. The van der Waals surface area contributed by atoms with Crippen LogP contribution in [0.15, 0.2) is 35.2 Å². The summed E-state index contributed by atoms with van der Waals surface area (Å²) in [7, 11) is 0.